The van der Waals surface area contributed by atoms with Crippen molar-refractivity contribution in [2.24, 2.45) is 0 Å². The number of benzene rings is 1. The van der Waals surface area contributed by atoms with Crippen LogP contribution in [0.15, 0.2) is 29.0 Å². The summed E-state index contributed by atoms with van der Waals surface area (Å²) in [6.45, 7) is 3.06. The van der Waals surface area contributed by atoms with Gasteiger partial charge in [-0.15, -0.1) is 10.2 Å². The Morgan fingerprint density at radius 1 is 1.50 bits per heavy atom. The number of rotatable bonds is 2. The monoisotopic (exact) mass is 367 g/mol. The molecule has 1 fully saturated rings. The van der Waals surface area contributed by atoms with Gasteiger partial charge in [-0.3, -0.25) is 0 Å². The number of likely N-dealkylation sites (tertiary alicyclic amines) is 1. The minimum Gasteiger partial charge on any atom is -0.322 e. The summed E-state index contributed by atoms with van der Waals surface area (Å²) < 4.78 is 16.4. The van der Waals surface area contributed by atoms with E-state index in [1.807, 2.05) is 11.5 Å². The summed E-state index contributed by atoms with van der Waals surface area (Å²) >= 11 is 3.19. The molecular formula is C14H15BrFN5O. The van der Waals surface area contributed by atoms with E-state index in [4.69, 9.17) is 0 Å². The third-order valence-corrected chi connectivity index (χ3v) is 4.26. The zero-order valence-electron chi connectivity index (χ0n) is 12.0. The summed E-state index contributed by atoms with van der Waals surface area (Å²) in [4.78, 5) is 13.9. The Kier molecular flexibility index (Phi) is 4.10. The first-order valence-corrected chi connectivity index (χ1v) is 7.71. The molecule has 3 rings (SSSR count). The van der Waals surface area contributed by atoms with Gasteiger partial charge in [0.05, 0.1) is 11.7 Å². The van der Waals surface area contributed by atoms with Crippen molar-refractivity contribution in [3.8, 4) is 0 Å². The van der Waals surface area contributed by atoms with E-state index in [2.05, 4.69) is 31.4 Å². The van der Waals surface area contributed by atoms with E-state index in [9.17, 15) is 9.18 Å². The minimum atomic E-state index is -0.465. The summed E-state index contributed by atoms with van der Waals surface area (Å²) in [5, 5.41) is 10.4. The molecule has 0 aliphatic carbocycles. The predicted molar refractivity (Wildman–Crippen MR) is 83.1 cm³/mol. The highest BCUT2D eigenvalue weighted by molar-refractivity contribution is 9.10. The Bertz CT molecular complexity index is 704. The molecule has 1 atom stereocenters. The van der Waals surface area contributed by atoms with Crippen molar-refractivity contribution in [2.75, 3.05) is 18.4 Å². The number of amides is 2. The number of hydrogen-bond acceptors (Lipinski definition) is 3. The zero-order chi connectivity index (χ0) is 15.7. The van der Waals surface area contributed by atoms with Crippen LogP contribution in [0, 0.1) is 12.7 Å². The fourth-order valence-corrected chi connectivity index (χ4v) is 2.93. The summed E-state index contributed by atoms with van der Waals surface area (Å²) in [5.41, 5.74) is 0.178. The van der Waals surface area contributed by atoms with Gasteiger partial charge in [0, 0.05) is 17.6 Å². The van der Waals surface area contributed by atoms with Crippen molar-refractivity contribution in [3.05, 3.63) is 40.6 Å². The topological polar surface area (TPSA) is 63.1 Å². The fraction of sp³-hybridized carbons (Fsp3) is 0.357. The maximum Gasteiger partial charge on any atom is 0.321 e. The Morgan fingerprint density at radius 3 is 3.00 bits per heavy atom. The van der Waals surface area contributed by atoms with E-state index in [0.717, 1.165) is 12.2 Å². The van der Waals surface area contributed by atoms with E-state index >= 15 is 0 Å². The van der Waals surface area contributed by atoms with Crippen molar-refractivity contribution in [1.29, 1.82) is 0 Å². The largest absolute Gasteiger partial charge is 0.322 e. The Balaban J connectivity index is 1.65. The zero-order valence-corrected chi connectivity index (χ0v) is 13.5. The van der Waals surface area contributed by atoms with Crippen LogP contribution >= 0.6 is 15.9 Å². The third-order valence-electron chi connectivity index (χ3n) is 3.77. The molecule has 0 radical (unpaired) electrons. The standard InChI is InChI=1S/C14H15BrFN5O/c1-9-19-17-8-21(9)11-4-5-20(7-11)14(22)18-13-3-2-10(15)6-12(13)16/h2-3,6,8,11H,4-5,7H2,1H3,(H,18,22). The van der Waals surface area contributed by atoms with Gasteiger partial charge in [0.2, 0.25) is 0 Å². The minimum absolute atomic E-state index is 0.163. The number of carbonyl (C=O) groups excluding carboxylic acids is 1. The molecule has 1 aliphatic rings. The SMILES string of the molecule is Cc1nncn1C1CCN(C(=O)Nc2ccc(Br)cc2F)C1. The normalized spacial score (nSPS) is 17.8. The van der Waals surface area contributed by atoms with Crippen LogP contribution in [0.5, 0.6) is 0 Å². The van der Waals surface area contributed by atoms with E-state index in [0.29, 0.717) is 17.6 Å². The van der Waals surface area contributed by atoms with Crippen LogP contribution < -0.4 is 5.32 Å². The van der Waals surface area contributed by atoms with Gasteiger partial charge in [0.25, 0.3) is 0 Å². The Labute approximate surface area is 135 Å². The van der Waals surface area contributed by atoms with Gasteiger partial charge in [-0.05, 0) is 31.5 Å². The van der Waals surface area contributed by atoms with Gasteiger partial charge < -0.3 is 14.8 Å². The fourth-order valence-electron chi connectivity index (χ4n) is 2.60. The van der Waals surface area contributed by atoms with Gasteiger partial charge in [-0.2, -0.15) is 0 Å². The van der Waals surface area contributed by atoms with Crippen molar-refractivity contribution in [1.82, 2.24) is 19.7 Å². The maximum absolute atomic E-state index is 13.8. The van der Waals surface area contributed by atoms with Crippen LogP contribution in [0.2, 0.25) is 0 Å². The molecule has 22 heavy (non-hydrogen) atoms. The third kappa shape index (κ3) is 2.96. The molecule has 116 valence electrons. The van der Waals surface area contributed by atoms with Crippen LogP contribution in [0.3, 0.4) is 0 Å². The molecule has 0 saturated carbocycles. The second-order valence-electron chi connectivity index (χ2n) is 5.23. The molecule has 1 N–H and O–H groups in total. The number of carbonyl (C=O) groups is 1. The number of nitrogens with one attached hydrogen (secondary N) is 1. The highest BCUT2D eigenvalue weighted by atomic mass is 79.9. The van der Waals surface area contributed by atoms with E-state index in [1.54, 1.807) is 17.3 Å². The van der Waals surface area contributed by atoms with Gasteiger partial charge in [-0.25, -0.2) is 9.18 Å². The quantitative estimate of drug-likeness (QED) is 0.887. The van der Waals surface area contributed by atoms with Crippen molar-refractivity contribution in [2.45, 2.75) is 19.4 Å². The lowest BCUT2D eigenvalue weighted by atomic mass is 10.2. The number of aryl methyl sites for hydroxylation is 1. The molecule has 0 spiro atoms. The van der Waals surface area contributed by atoms with Crippen LogP contribution in [0.4, 0.5) is 14.9 Å². The van der Waals surface area contributed by atoms with Crippen LogP contribution in [0.1, 0.15) is 18.3 Å². The van der Waals surface area contributed by atoms with E-state index in [-0.39, 0.29) is 17.8 Å². The molecule has 2 amide bonds. The number of halogens is 2. The molecule has 1 unspecified atom stereocenters. The molecule has 1 saturated heterocycles. The summed E-state index contributed by atoms with van der Waals surface area (Å²) in [5.74, 6) is 0.360. The molecule has 2 aromatic rings. The number of nitrogens with zero attached hydrogens (tertiary/aromatic N) is 4. The molecule has 0 bridgehead atoms. The van der Waals surface area contributed by atoms with Crippen molar-refractivity contribution < 1.29 is 9.18 Å². The summed E-state index contributed by atoms with van der Waals surface area (Å²) in [6, 6.07) is 4.41. The lowest BCUT2D eigenvalue weighted by Gasteiger charge is -2.18. The predicted octanol–water partition coefficient (Wildman–Crippen LogP) is 2.97. The first-order valence-electron chi connectivity index (χ1n) is 6.91. The van der Waals surface area contributed by atoms with Gasteiger partial charge in [0.1, 0.15) is 18.0 Å². The summed E-state index contributed by atoms with van der Waals surface area (Å²) in [7, 11) is 0. The highest BCUT2D eigenvalue weighted by Crippen LogP contribution is 2.24. The lowest BCUT2D eigenvalue weighted by Crippen LogP contribution is -2.33. The first-order chi connectivity index (χ1) is 10.5. The second kappa shape index (κ2) is 6.04. The van der Waals surface area contributed by atoms with Crippen LogP contribution in [0.25, 0.3) is 0 Å². The average Bonchev–Trinajstić information content (AvgIpc) is 3.10. The Hall–Kier alpha value is -1.96. The average molecular weight is 368 g/mol. The molecular weight excluding hydrogens is 353 g/mol. The lowest BCUT2D eigenvalue weighted by molar-refractivity contribution is 0.220. The Morgan fingerprint density at radius 2 is 2.32 bits per heavy atom. The van der Waals surface area contributed by atoms with Gasteiger partial charge >= 0.3 is 6.03 Å². The van der Waals surface area contributed by atoms with Crippen molar-refractivity contribution >= 4 is 27.6 Å². The number of urea groups is 1. The molecule has 1 aromatic heterocycles. The molecule has 8 heteroatoms. The van der Waals surface area contributed by atoms with Gasteiger partial charge in [-0.1, -0.05) is 15.9 Å². The number of aromatic nitrogens is 3. The second-order valence-corrected chi connectivity index (χ2v) is 6.14. The van der Waals surface area contributed by atoms with E-state index in [1.165, 1.54) is 12.1 Å². The molecule has 1 aromatic carbocycles. The van der Waals surface area contributed by atoms with Gasteiger partial charge in [0.15, 0.2) is 0 Å². The maximum atomic E-state index is 13.8. The molecule has 1 aliphatic heterocycles. The number of anilines is 1. The first kappa shape index (κ1) is 15.0. The van der Waals surface area contributed by atoms with Crippen molar-refractivity contribution in [3.63, 3.8) is 0 Å². The number of hydrogen-bond donors (Lipinski definition) is 1. The van der Waals surface area contributed by atoms with E-state index < -0.39 is 5.82 Å². The summed E-state index contributed by atoms with van der Waals surface area (Å²) in [6.07, 6.45) is 2.50. The molecule has 6 nitrogen and oxygen atoms in total. The van der Waals surface area contributed by atoms with Crippen LogP contribution in [-0.2, 0) is 0 Å². The molecule has 2 heterocycles. The smallest absolute Gasteiger partial charge is 0.321 e. The highest BCUT2D eigenvalue weighted by Gasteiger charge is 2.28. The van der Waals surface area contributed by atoms with Crippen LogP contribution in [-0.4, -0.2) is 38.8 Å².